The van der Waals surface area contributed by atoms with Crippen molar-refractivity contribution >= 4 is 21.8 Å². The maximum Gasteiger partial charge on any atom is 0.573 e. The van der Waals surface area contributed by atoms with Crippen LogP contribution in [0.25, 0.3) is 0 Å². The van der Waals surface area contributed by atoms with Gasteiger partial charge in [-0.25, -0.2) is 0 Å². The van der Waals surface area contributed by atoms with Gasteiger partial charge in [-0.05, 0) is 41.1 Å². The Morgan fingerprint density at radius 2 is 2.06 bits per heavy atom. The zero-order chi connectivity index (χ0) is 13.9. The maximum absolute atomic E-state index is 12.0. The van der Waals surface area contributed by atoms with Crippen LogP contribution in [0.4, 0.5) is 13.2 Å². The molecule has 0 saturated carbocycles. The van der Waals surface area contributed by atoms with Gasteiger partial charge < -0.3 is 15.2 Å². The van der Waals surface area contributed by atoms with E-state index in [1.807, 2.05) is 0 Å². The third-order valence-corrected chi connectivity index (χ3v) is 2.50. The Kier molecular flexibility index (Phi) is 4.44. The molecule has 0 aromatic heterocycles. The van der Waals surface area contributed by atoms with E-state index in [1.54, 1.807) is 6.92 Å². The van der Waals surface area contributed by atoms with Crippen molar-refractivity contribution in [2.45, 2.75) is 19.4 Å². The zero-order valence-electron chi connectivity index (χ0n) is 9.22. The maximum atomic E-state index is 12.0. The summed E-state index contributed by atoms with van der Waals surface area (Å²) in [7, 11) is 0. The summed E-state index contributed by atoms with van der Waals surface area (Å²) >= 11 is 2.94. The highest BCUT2D eigenvalue weighted by Crippen LogP contribution is 2.33. The van der Waals surface area contributed by atoms with Crippen LogP contribution in [-0.2, 0) is 0 Å². The molecule has 0 aliphatic carbocycles. The molecule has 0 spiro atoms. The number of halogens is 4. The second kappa shape index (κ2) is 5.47. The lowest BCUT2D eigenvalue weighted by atomic mass is 10.3. The van der Waals surface area contributed by atoms with Crippen molar-refractivity contribution in [3.8, 4) is 11.5 Å². The molecule has 8 heteroatoms. The molecule has 4 nitrogen and oxygen atoms in total. The summed E-state index contributed by atoms with van der Waals surface area (Å²) in [5, 5.41) is 7.13. The predicted octanol–water partition coefficient (Wildman–Crippen LogP) is 3.05. The molecule has 0 aliphatic rings. The first-order valence-corrected chi connectivity index (χ1v) is 5.54. The summed E-state index contributed by atoms with van der Waals surface area (Å²) in [5.74, 6) is -0.272. The number of hydrogen-bond acceptors (Lipinski definition) is 3. The Morgan fingerprint density at radius 3 is 2.50 bits per heavy atom. The van der Waals surface area contributed by atoms with Crippen LogP contribution in [0.2, 0.25) is 0 Å². The van der Waals surface area contributed by atoms with Crippen LogP contribution in [0.15, 0.2) is 22.7 Å². The van der Waals surface area contributed by atoms with E-state index in [0.717, 1.165) is 6.07 Å². The molecule has 3 N–H and O–H groups in total. The smallest absolute Gasteiger partial charge is 0.483 e. The molecule has 1 aromatic rings. The van der Waals surface area contributed by atoms with Crippen LogP contribution in [-0.4, -0.2) is 18.3 Å². The molecule has 0 bridgehead atoms. The van der Waals surface area contributed by atoms with Crippen molar-refractivity contribution in [2.75, 3.05) is 0 Å². The summed E-state index contributed by atoms with van der Waals surface area (Å²) in [4.78, 5) is 0. The Bertz CT molecular complexity index is 451. The molecule has 0 radical (unpaired) electrons. The largest absolute Gasteiger partial charge is 0.573 e. The van der Waals surface area contributed by atoms with E-state index in [2.05, 4.69) is 20.7 Å². The standard InChI is InChI=1S/C10H10BrF3N2O2/c1-5(9(15)16)17-6-2-3-8(7(11)4-6)18-10(12,13)14/h2-5H,1H3,(H3,15,16). The SMILES string of the molecule is CC(Oc1ccc(OC(F)(F)F)c(Br)c1)C(=N)N. The fourth-order valence-corrected chi connectivity index (χ4v) is 1.47. The van der Waals surface area contributed by atoms with Gasteiger partial charge in [-0.2, -0.15) is 0 Å². The fourth-order valence-electron chi connectivity index (χ4n) is 1.03. The van der Waals surface area contributed by atoms with Crippen molar-refractivity contribution in [2.24, 2.45) is 5.73 Å². The average molecular weight is 327 g/mol. The van der Waals surface area contributed by atoms with Gasteiger partial charge in [0.05, 0.1) is 4.47 Å². The van der Waals surface area contributed by atoms with Crippen LogP contribution in [0.5, 0.6) is 11.5 Å². The number of hydrogen-bond donors (Lipinski definition) is 2. The van der Waals surface area contributed by atoms with Gasteiger partial charge in [-0.3, -0.25) is 5.41 Å². The van der Waals surface area contributed by atoms with E-state index in [1.165, 1.54) is 12.1 Å². The van der Waals surface area contributed by atoms with Gasteiger partial charge in [0, 0.05) is 0 Å². The van der Waals surface area contributed by atoms with Gasteiger partial charge >= 0.3 is 6.36 Å². The molecule has 1 aromatic carbocycles. The number of nitrogens with one attached hydrogen (secondary N) is 1. The molecular formula is C10H10BrF3N2O2. The second-order valence-electron chi connectivity index (χ2n) is 3.36. The molecule has 0 amide bonds. The molecule has 0 heterocycles. The first kappa shape index (κ1) is 14.6. The summed E-state index contributed by atoms with van der Waals surface area (Å²) in [6.07, 6.45) is -5.41. The molecule has 100 valence electrons. The number of ether oxygens (including phenoxy) is 2. The van der Waals surface area contributed by atoms with Crippen molar-refractivity contribution in [3.63, 3.8) is 0 Å². The third-order valence-electron chi connectivity index (χ3n) is 1.88. The topological polar surface area (TPSA) is 68.3 Å². The first-order valence-electron chi connectivity index (χ1n) is 4.75. The number of rotatable bonds is 4. The summed E-state index contributed by atoms with van der Waals surface area (Å²) in [5.41, 5.74) is 5.21. The lowest BCUT2D eigenvalue weighted by Crippen LogP contribution is -2.30. The normalized spacial score (nSPS) is 12.9. The van der Waals surface area contributed by atoms with Crippen molar-refractivity contribution in [1.82, 2.24) is 0 Å². The first-order chi connectivity index (χ1) is 8.19. The number of amidine groups is 1. The van der Waals surface area contributed by atoms with Gasteiger partial charge in [0.2, 0.25) is 0 Å². The Hall–Kier alpha value is -1.44. The molecular weight excluding hydrogens is 317 g/mol. The third kappa shape index (κ3) is 4.44. The van der Waals surface area contributed by atoms with Crippen LogP contribution in [0, 0.1) is 5.41 Å². The molecule has 1 unspecified atom stereocenters. The summed E-state index contributed by atoms with van der Waals surface area (Å²) < 4.78 is 45.1. The zero-order valence-corrected chi connectivity index (χ0v) is 10.8. The summed E-state index contributed by atoms with van der Waals surface area (Å²) in [6, 6.07) is 3.71. The highest BCUT2D eigenvalue weighted by molar-refractivity contribution is 9.10. The van der Waals surface area contributed by atoms with Crippen LogP contribution >= 0.6 is 15.9 Å². The van der Waals surface area contributed by atoms with Crippen molar-refractivity contribution < 1.29 is 22.6 Å². The second-order valence-corrected chi connectivity index (χ2v) is 4.21. The van der Waals surface area contributed by atoms with E-state index < -0.39 is 12.5 Å². The molecule has 18 heavy (non-hydrogen) atoms. The van der Waals surface area contributed by atoms with E-state index in [9.17, 15) is 13.2 Å². The van der Waals surface area contributed by atoms with Gasteiger partial charge in [0.25, 0.3) is 0 Å². The van der Waals surface area contributed by atoms with Crippen molar-refractivity contribution in [3.05, 3.63) is 22.7 Å². The van der Waals surface area contributed by atoms with E-state index in [4.69, 9.17) is 15.9 Å². The molecule has 0 fully saturated rings. The predicted molar refractivity (Wildman–Crippen MR) is 62.8 cm³/mol. The molecule has 1 rings (SSSR count). The van der Waals surface area contributed by atoms with Crippen molar-refractivity contribution in [1.29, 1.82) is 5.41 Å². The lowest BCUT2D eigenvalue weighted by Gasteiger charge is -2.15. The molecule has 1 atom stereocenters. The minimum Gasteiger partial charge on any atom is -0.483 e. The van der Waals surface area contributed by atoms with Gasteiger partial charge in [-0.1, -0.05) is 0 Å². The quantitative estimate of drug-likeness (QED) is 0.660. The van der Waals surface area contributed by atoms with E-state index >= 15 is 0 Å². The Labute approximate surface area is 110 Å². The molecule has 0 aliphatic heterocycles. The van der Waals surface area contributed by atoms with E-state index in [-0.39, 0.29) is 21.8 Å². The molecule has 0 saturated heterocycles. The van der Waals surface area contributed by atoms with Gasteiger partial charge in [0.15, 0.2) is 6.10 Å². The van der Waals surface area contributed by atoms with Crippen LogP contribution in [0.3, 0.4) is 0 Å². The van der Waals surface area contributed by atoms with Crippen LogP contribution < -0.4 is 15.2 Å². The van der Waals surface area contributed by atoms with Gasteiger partial charge in [-0.15, -0.1) is 13.2 Å². The number of benzene rings is 1. The minimum atomic E-state index is -4.75. The van der Waals surface area contributed by atoms with E-state index in [0.29, 0.717) is 0 Å². The van der Waals surface area contributed by atoms with Gasteiger partial charge in [0.1, 0.15) is 17.3 Å². The minimum absolute atomic E-state index is 0.0908. The number of alkyl halides is 3. The highest BCUT2D eigenvalue weighted by atomic mass is 79.9. The highest BCUT2D eigenvalue weighted by Gasteiger charge is 2.32. The lowest BCUT2D eigenvalue weighted by molar-refractivity contribution is -0.274. The monoisotopic (exact) mass is 326 g/mol. The Balaban J connectivity index is 2.83. The van der Waals surface area contributed by atoms with Crippen LogP contribution in [0.1, 0.15) is 6.92 Å². The summed E-state index contributed by atoms with van der Waals surface area (Å²) in [6.45, 7) is 1.55. The Morgan fingerprint density at radius 1 is 1.44 bits per heavy atom. The number of nitrogens with two attached hydrogens (primary N) is 1. The average Bonchev–Trinajstić information content (AvgIpc) is 2.20. The fraction of sp³-hybridized carbons (Fsp3) is 0.300.